The number of carbonyl (C=O) groups excluding carboxylic acids is 1. The third-order valence-corrected chi connectivity index (χ3v) is 7.30. The molecule has 2 atom stereocenters. The van der Waals surface area contributed by atoms with Crippen molar-refractivity contribution in [3.63, 3.8) is 0 Å². The number of carbonyl (C=O) groups is 1. The van der Waals surface area contributed by atoms with Crippen LogP contribution >= 0.6 is 12.2 Å². The Morgan fingerprint density at radius 3 is 2.65 bits per heavy atom. The molecule has 1 saturated heterocycles. The van der Waals surface area contributed by atoms with Crippen LogP contribution in [0.5, 0.6) is 0 Å². The van der Waals surface area contributed by atoms with Gasteiger partial charge in [0.05, 0.1) is 17.8 Å². The predicted octanol–water partition coefficient (Wildman–Crippen LogP) is 5.31. The minimum absolute atomic E-state index is 0.0159. The van der Waals surface area contributed by atoms with Crippen LogP contribution in [0.4, 0.5) is 5.69 Å². The SMILES string of the molecule is Cc1ccc(NC(=O)CCN2C(=S)N[C@H](c3ccccn3)[C@H]2c2cccn2C2CCCC2)cc1. The molecular weight excluding hydrogens is 442 g/mol. The smallest absolute Gasteiger partial charge is 0.226 e. The van der Waals surface area contributed by atoms with Crippen molar-refractivity contribution in [2.45, 2.75) is 57.2 Å². The molecule has 1 saturated carbocycles. The number of aromatic nitrogens is 2. The Morgan fingerprint density at radius 2 is 1.91 bits per heavy atom. The molecule has 34 heavy (non-hydrogen) atoms. The van der Waals surface area contributed by atoms with Crippen molar-refractivity contribution in [1.82, 2.24) is 19.8 Å². The van der Waals surface area contributed by atoms with E-state index in [2.05, 4.69) is 43.4 Å². The molecule has 7 heteroatoms. The van der Waals surface area contributed by atoms with Crippen LogP contribution in [-0.2, 0) is 4.79 Å². The molecule has 1 amide bonds. The molecule has 1 aliphatic heterocycles. The number of anilines is 1. The Kier molecular flexibility index (Phi) is 6.63. The molecular formula is C27H31N5OS. The summed E-state index contributed by atoms with van der Waals surface area (Å²) in [6.07, 6.45) is 9.34. The van der Waals surface area contributed by atoms with Gasteiger partial charge in [0.2, 0.25) is 5.91 Å². The lowest BCUT2D eigenvalue weighted by Gasteiger charge is -2.30. The summed E-state index contributed by atoms with van der Waals surface area (Å²) >= 11 is 5.79. The van der Waals surface area contributed by atoms with Gasteiger partial charge in [-0.05, 0) is 68.4 Å². The summed E-state index contributed by atoms with van der Waals surface area (Å²) in [5, 5.41) is 7.19. The summed E-state index contributed by atoms with van der Waals surface area (Å²) in [5.74, 6) is -0.0159. The van der Waals surface area contributed by atoms with E-state index in [0.717, 1.165) is 11.4 Å². The second-order valence-corrected chi connectivity index (χ2v) is 9.65. The van der Waals surface area contributed by atoms with Gasteiger partial charge in [0, 0.05) is 42.8 Å². The molecule has 1 aliphatic carbocycles. The first-order chi connectivity index (χ1) is 16.6. The summed E-state index contributed by atoms with van der Waals surface area (Å²) in [6, 6.07) is 18.6. The number of thiocarbonyl (C=S) groups is 1. The molecule has 2 aromatic heterocycles. The van der Waals surface area contributed by atoms with Crippen LogP contribution in [0, 0.1) is 6.92 Å². The fraction of sp³-hybridized carbons (Fsp3) is 0.370. The molecule has 3 heterocycles. The summed E-state index contributed by atoms with van der Waals surface area (Å²) < 4.78 is 2.43. The molecule has 2 aliphatic rings. The Morgan fingerprint density at radius 1 is 1.12 bits per heavy atom. The van der Waals surface area contributed by atoms with Crippen LogP contribution in [-0.4, -0.2) is 32.0 Å². The standard InChI is InChI=1S/C27H31N5OS/c1-19-11-13-20(14-12-19)29-24(33)15-18-32-26(23-10-6-17-31(23)21-7-2-3-8-21)25(30-27(32)34)22-9-4-5-16-28-22/h4-6,9-14,16-17,21,25-26H,2-3,7-8,15,18H2,1H3,(H,29,33)(H,30,34)/t25-,26-/m1/s1. The van der Waals surface area contributed by atoms with Crippen molar-refractivity contribution in [1.29, 1.82) is 0 Å². The molecule has 6 nitrogen and oxygen atoms in total. The quantitative estimate of drug-likeness (QED) is 0.456. The predicted molar refractivity (Wildman–Crippen MR) is 139 cm³/mol. The average molecular weight is 474 g/mol. The minimum atomic E-state index is -0.0658. The van der Waals surface area contributed by atoms with Crippen molar-refractivity contribution < 1.29 is 4.79 Å². The molecule has 0 radical (unpaired) electrons. The number of rotatable bonds is 7. The summed E-state index contributed by atoms with van der Waals surface area (Å²) in [4.78, 5) is 19.6. The third-order valence-electron chi connectivity index (χ3n) is 6.95. The van der Waals surface area contributed by atoms with E-state index in [0.29, 0.717) is 24.1 Å². The average Bonchev–Trinajstić information content (AvgIpc) is 3.59. The van der Waals surface area contributed by atoms with Gasteiger partial charge in [0.15, 0.2) is 5.11 Å². The number of hydrogen-bond donors (Lipinski definition) is 2. The number of pyridine rings is 1. The van der Waals surface area contributed by atoms with Crippen molar-refractivity contribution >= 4 is 28.9 Å². The number of nitrogens with zero attached hydrogens (tertiary/aromatic N) is 3. The Labute approximate surface area is 206 Å². The number of amides is 1. The van der Waals surface area contributed by atoms with E-state index >= 15 is 0 Å². The molecule has 5 rings (SSSR count). The zero-order chi connectivity index (χ0) is 23.5. The fourth-order valence-electron chi connectivity index (χ4n) is 5.22. The normalized spacial score (nSPS) is 20.5. The van der Waals surface area contributed by atoms with Gasteiger partial charge in [0.1, 0.15) is 0 Å². The maximum atomic E-state index is 12.8. The molecule has 0 spiro atoms. The highest BCUT2D eigenvalue weighted by atomic mass is 32.1. The topological polar surface area (TPSA) is 62.2 Å². The van der Waals surface area contributed by atoms with Gasteiger partial charge in [-0.15, -0.1) is 0 Å². The lowest BCUT2D eigenvalue weighted by molar-refractivity contribution is -0.116. The van der Waals surface area contributed by atoms with Crippen molar-refractivity contribution in [3.05, 3.63) is 83.9 Å². The first-order valence-corrected chi connectivity index (χ1v) is 12.5. The van der Waals surface area contributed by atoms with Crippen molar-refractivity contribution in [2.24, 2.45) is 0 Å². The van der Waals surface area contributed by atoms with E-state index in [1.54, 1.807) is 0 Å². The van der Waals surface area contributed by atoms with E-state index in [-0.39, 0.29) is 18.0 Å². The van der Waals surface area contributed by atoms with Gasteiger partial charge >= 0.3 is 0 Å². The maximum Gasteiger partial charge on any atom is 0.226 e. The van der Waals surface area contributed by atoms with Gasteiger partial charge in [-0.2, -0.15) is 0 Å². The molecule has 1 aromatic carbocycles. The Hall–Kier alpha value is -3.19. The summed E-state index contributed by atoms with van der Waals surface area (Å²) in [7, 11) is 0. The van der Waals surface area contributed by atoms with E-state index < -0.39 is 0 Å². The second-order valence-electron chi connectivity index (χ2n) is 9.26. The van der Waals surface area contributed by atoms with E-state index in [9.17, 15) is 4.79 Å². The van der Waals surface area contributed by atoms with Crippen LogP contribution < -0.4 is 10.6 Å². The second kappa shape index (κ2) is 9.97. The van der Waals surface area contributed by atoms with E-state index in [1.165, 1.54) is 36.9 Å². The summed E-state index contributed by atoms with van der Waals surface area (Å²) in [5.41, 5.74) is 4.17. The largest absolute Gasteiger partial charge is 0.352 e. The number of hydrogen-bond acceptors (Lipinski definition) is 3. The highest BCUT2D eigenvalue weighted by Gasteiger charge is 2.41. The van der Waals surface area contributed by atoms with Gasteiger partial charge in [-0.25, -0.2) is 0 Å². The minimum Gasteiger partial charge on any atom is -0.352 e. The van der Waals surface area contributed by atoms with Gasteiger partial charge in [0.25, 0.3) is 0 Å². The van der Waals surface area contributed by atoms with Crippen LogP contribution in [0.15, 0.2) is 67.0 Å². The van der Waals surface area contributed by atoms with Crippen LogP contribution in [0.2, 0.25) is 0 Å². The third kappa shape index (κ3) is 4.71. The molecule has 2 fully saturated rings. The molecule has 3 aromatic rings. The Balaban J connectivity index is 1.38. The lowest BCUT2D eigenvalue weighted by Crippen LogP contribution is -2.33. The Bertz CT molecular complexity index is 1140. The van der Waals surface area contributed by atoms with Crippen molar-refractivity contribution in [3.8, 4) is 0 Å². The molecule has 2 N–H and O–H groups in total. The first-order valence-electron chi connectivity index (χ1n) is 12.1. The van der Waals surface area contributed by atoms with Crippen LogP contribution in [0.25, 0.3) is 0 Å². The monoisotopic (exact) mass is 473 g/mol. The molecule has 0 bridgehead atoms. The van der Waals surface area contributed by atoms with Crippen LogP contribution in [0.1, 0.15) is 67.2 Å². The highest BCUT2D eigenvalue weighted by Crippen LogP contribution is 2.41. The van der Waals surface area contributed by atoms with E-state index in [1.807, 2.05) is 55.6 Å². The van der Waals surface area contributed by atoms with Crippen molar-refractivity contribution in [2.75, 3.05) is 11.9 Å². The highest BCUT2D eigenvalue weighted by molar-refractivity contribution is 7.80. The lowest BCUT2D eigenvalue weighted by atomic mass is 10.0. The maximum absolute atomic E-state index is 12.8. The van der Waals surface area contributed by atoms with Gasteiger partial charge in [-0.1, -0.05) is 36.6 Å². The number of nitrogens with one attached hydrogen (secondary N) is 2. The number of benzene rings is 1. The first kappa shape index (κ1) is 22.6. The zero-order valence-electron chi connectivity index (χ0n) is 19.5. The number of aryl methyl sites for hydroxylation is 1. The van der Waals surface area contributed by atoms with Crippen LogP contribution in [0.3, 0.4) is 0 Å². The molecule has 0 unspecified atom stereocenters. The van der Waals surface area contributed by atoms with E-state index in [4.69, 9.17) is 12.2 Å². The zero-order valence-corrected chi connectivity index (χ0v) is 20.3. The van der Waals surface area contributed by atoms with Gasteiger partial charge < -0.3 is 20.1 Å². The fourth-order valence-corrected chi connectivity index (χ4v) is 5.55. The molecule has 176 valence electrons. The van der Waals surface area contributed by atoms with Gasteiger partial charge in [-0.3, -0.25) is 9.78 Å². The summed E-state index contributed by atoms with van der Waals surface area (Å²) in [6.45, 7) is 2.57.